The van der Waals surface area contributed by atoms with Gasteiger partial charge in [0, 0.05) is 12.2 Å². The summed E-state index contributed by atoms with van der Waals surface area (Å²) in [6.45, 7) is 2.01. The molecule has 2 aromatic heterocycles. The Hall–Kier alpha value is -1.91. The van der Waals surface area contributed by atoms with Gasteiger partial charge in [-0.05, 0) is 19.8 Å². The fourth-order valence-corrected chi connectivity index (χ4v) is 1.73. The molecule has 0 aliphatic heterocycles. The van der Waals surface area contributed by atoms with Gasteiger partial charge in [-0.1, -0.05) is 0 Å². The van der Waals surface area contributed by atoms with Gasteiger partial charge >= 0.3 is 0 Å². The molecule has 82 valence electrons. The van der Waals surface area contributed by atoms with E-state index in [1.165, 1.54) is 19.2 Å². The summed E-state index contributed by atoms with van der Waals surface area (Å²) < 4.78 is 2.20. The lowest BCUT2D eigenvalue weighted by Gasteiger charge is -2.07. The normalized spacial score (nSPS) is 15.1. The summed E-state index contributed by atoms with van der Waals surface area (Å²) >= 11 is 0. The number of hydrogen-bond acceptors (Lipinski definition) is 4. The Morgan fingerprint density at radius 3 is 2.75 bits per heavy atom. The first kappa shape index (κ1) is 9.33. The van der Waals surface area contributed by atoms with Crippen LogP contribution in [0, 0.1) is 6.92 Å². The van der Waals surface area contributed by atoms with Crippen LogP contribution in [-0.2, 0) is 0 Å². The lowest BCUT2D eigenvalue weighted by molar-refractivity contribution is 0.750. The van der Waals surface area contributed by atoms with Gasteiger partial charge in [0.1, 0.15) is 6.33 Å². The molecule has 0 bridgehead atoms. The monoisotopic (exact) mass is 215 g/mol. The predicted octanol–water partition coefficient (Wildman–Crippen LogP) is 2.06. The Morgan fingerprint density at radius 1 is 1.31 bits per heavy atom. The van der Waals surface area contributed by atoms with Crippen molar-refractivity contribution in [2.45, 2.75) is 25.8 Å². The Bertz CT molecular complexity index is 486. The predicted molar refractivity (Wildman–Crippen MR) is 60.5 cm³/mol. The minimum Gasteiger partial charge on any atom is -0.323 e. The average molecular weight is 215 g/mol. The molecule has 0 spiro atoms. The first-order chi connectivity index (χ1) is 7.83. The van der Waals surface area contributed by atoms with Gasteiger partial charge in [0.15, 0.2) is 0 Å². The summed E-state index contributed by atoms with van der Waals surface area (Å²) in [6, 6.07) is 0.619. The molecule has 1 saturated carbocycles. The van der Waals surface area contributed by atoms with Crippen LogP contribution in [0.1, 0.15) is 24.6 Å². The molecule has 0 atom stereocenters. The van der Waals surface area contributed by atoms with Crippen LogP contribution in [0.3, 0.4) is 0 Å². The van der Waals surface area contributed by atoms with E-state index in [0.717, 1.165) is 17.3 Å². The van der Waals surface area contributed by atoms with Gasteiger partial charge in [0.25, 0.3) is 0 Å². The zero-order chi connectivity index (χ0) is 11.0. The van der Waals surface area contributed by atoms with Crippen LogP contribution in [0.25, 0.3) is 0 Å². The Kier molecular flexibility index (Phi) is 2.09. The van der Waals surface area contributed by atoms with Crippen molar-refractivity contribution in [2.75, 3.05) is 5.32 Å². The number of nitrogens with zero attached hydrogens (tertiary/aromatic N) is 4. The Balaban J connectivity index is 1.89. The third kappa shape index (κ3) is 1.76. The number of imidazole rings is 1. The molecule has 0 aromatic carbocycles. The van der Waals surface area contributed by atoms with E-state index < -0.39 is 0 Å². The molecule has 16 heavy (non-hydrogen) atoms. The maximum atomic E-state index is 4.46. The maximum Gasteiger partial charge on any atom is 0.207 e. The number of rotatable bonds is 3. The van der Waals surface area contributed by atoms with Gasteiger partial charge in [-0.25, -0.2) is 15.0 Å². The number of hydrogen-bond donors (Lipinski definition) is 1. The first-order valence-electron chi connectivity index (χ1n) is 5.40. The second-order valence-corrected chi connectivity index (χ2v) is 4.10. The minimum absolute atomic E-state index is 0.619. The van der Waals surface area contributed by atoms with Crippen molar-refractivity contribution in [2.24, 2.45) is 0 Å². The number of aryl methyl sites for hydroxylation is 1. The zero-order valence-electron chi connectivity index (χ0n) is 9.09. The van der Waals surface area contributed by atoms with Crippen molar-refractivity contribution >= 4 is 11.6 Å². The number of nitrogens with one attached hydrogen (secondary N) is 1. The highest BCUT2D eigenvalue weighted by Crippen LogP contribution is 2.37. The van der Waals surface area contributed by atoms with Crippen molar-refractivity contribution in [3.05, 3.63) is 30.6 Å². The molecule has 1 aliphatic rings. The molecule has 0 unspecified atom stereocenters. The van der Waals surface area contributed by atoms with Crippen molar-refractivity contribution in [1.82, 2.24) is 19.5 Å². The van der Waals surface area contributed by atoms with E-state index in [1.807, 2.05) is 6.92 Å². The summed E-state index contributed by atoms with van der Waals surface area (Å²) in [5.74, 6) is 0.884. The minimum atomic E-state index is 0.619. The smallest absolute Gasteiger partial charge is 0.207 e. The summed E-state index contributed by atoms with van der Waals surface area (Å²) in [5.41, 5.74) is 1.90. The number of aromatic nitrogens is 4. The fraction of sp³-hybridized carbons (Fsp3) is 0.364. The highest BCUT2D eigenvalue weighted by molar-refractivity contribution is 5.51. The topological polar surface area (TPSA) is 55.6 Å². The van der Waals surface area contributed by atoms with E-state index in [4.69, 9.17) is 0 Å². The third-order valence-corrected chi connectivity index (χ3v) is 2.61. The van der Waals surface area contributed by atoms with Crippen molar-refractivity contribution in [3.8, 4) is 0 Å². The Labute approximate surface area is 93.6 Å². The van der Waals surface area contributed by atoms with Gasteiger partial charge in [0.2, 0.25) is 5.95 Å². The molecule has 5 heteroatoms. The summed E-state index contributed by atoms with van der Waals surface area (Å²) in [7, 11) is 0. The van der Waals surface area contributed by atoms with E-state index in [1.54, 1.807) is 12.4 Å². The molecule has 2 aromatic rings. The molecule has 1 N–H and O–H groups in total. The average Bonchev–Trinajstić information content (AvgIpc) is 3.06. The summed E-state index contributed by atoms with van der Waals surface area (Å²) in [4.78, 5) is 12.4. The molecular formula is C11H13N5. The van der Waals surface area contributed by atoms with Crippen LogP contribution in [0.15, 0.2) is 24.9 Å². The van der Waals surface area contributed by atoms with Crippen LogP contribution in [0.4, 0.5) is 11.6 Å². The quantitative estimate of drug-likeness (QED) is 0.851. The Morgan fingerprint density at radius 2 is 2.06 bits per heavy atom. The molecule has 0 amide bonds. The summed E-state index contributed by atoms with van der Waals surface area (Å²) in [5, 5.41) is 3.24. The molecule has 1 fully saturated rings. The number of anilines is 2. The van der Waals surface area contributed by atoms with E-state index in [0.29, 0.717) is 6.04 Å². The van der Waals surface area contributed by atoms with Gasteiger partial charge in [0.05, 0.1) is 23.8 Å². The van der Waals surface area contributed by atoms with Crippen molar-refractivity contribution in [1.29, 1.82) is 0 Å². The van der Waals surface area contributed by atoms with Crippen molar-refractivity contribution in [3.63, 3.8) is 0 Å². The van der Waals surface area contributed by atoms with Gasteiger partial charge < -0.3 is 9.88 Å². The standard InChI is InChI=1S/C11H13N5/c1-8-6-16(10-2-3-10)11(14-8)15-9-4-12-7-13-5-9/h4-7,10H,2-3H2,1H3,(H,14,15). The zero-order valence-corrected chi connectivity index (χ0v) is 9.09. The molecule has 1 aliphatic carbocycles. The van der Waals surface area contributed by atoms with Crippen LogP contribution in [0.2, 0.25) is 0 Å². The fourth-order valence-electron chi connectivity index (χ4n) is 1.73. The molecular weight excluding hydrogens is 202 g/mol. The largest absolute Gasteiger partial charge is 0.323 e. The summed E-state index contributed by atoms with van der Waals surface area (Å²) in [6.07, 6.45) is 9.58. The van der Waals surface area contributed by atoms with Crippen LogP contribution in [0.5, 0.6) is 0 Å². The second kappa shape index (κ2) is 3.59. The first-order valence-corrected chi connectivity index (χ1v) is 5.40. The molecule has 0 radical (unpaired) electrons. The lowest BCUT2D eigenvalue weighted by Crippen LogP contribution is -2.01. The van der Waals surface area contributed by atoms with Crippen LogP contribution < -0.4 is 5.32 Å². The van der Waals surface area contributed by atoms with Crippen molar-refractivity contribution < 1.29 is 0 Å². The van der Waals surface area contributed by atoms with E-state index in [2.05, 4.69) is 31.0 Å². The third-order valence-electron chi connectivity index (χ3n) is 2.61. The van der Waals surface area contributed by atoms with Crippen LogP contribution >= 0.6 is 0 Å². The van der Waals surface area contributed by atoms with Gasteiger partial charge in [-0.2, -0.15) is 0 Å². The van der Waals surface area contributed by atoms with E-state index in [9.17, 15) is 0 Å². The van der Waals surface area contributed by atoms with Gasteiger partial charge in [-0.3, -0.25) is 0 Å². The molecule has 5 nitrogen and oxygen atoms in total. The second-order valence-electron chi connectivity index (χ2n) is 4.10. The molecule has 2 heterocycles. The van der Waals surface area contributed by atoms with E-state index in [-0.39, 0.29) is 0 Å². The lowest BCUT2D eigenvalue weighted by atomic mass is 10.5. The highest BCUT2D eigenvalue weighted by Gasteiger charge is 2.26. The SMILES string of the molecule is Cc1cn(C2CC2)c(Nc2cncnc2)n1. The van der Waals surface area contributed by atoms with Gasteiger partial charge in [-0.15, -0.1) is 0 Å². The highest BCUT2D eigenvalue weighted by atomic mass is 15.2. The van der Waals surface area contributed by atoms with Crippen LogP contribution in [-0.4, -0.2) is 19.5 Å². The molecule has 0 saturated heterocycles. The molecule has 3 rings (SSSR count). The van der Waals surface area contributed by atoms with E-state index >= 15 is 0 Å². The maximum absolute atomic E-state index is 4.46.